The van der Waals surface area contributed by atoms with Gasteiger partial charge >= 0.3 is 0 Å². The molecule has 3 rings (SSSR count). The minimum atomic E-state index is -0.703. The standard InChI is InChI=1S/C20H19Cl2N5O2S/c1-26(2)14-6-3-12(4-7-14)11-24-25-20(23)30-17-10-18(28)27(19(17)29)16-9-13(21)5-8-15(16)22/h3-9,11,17H,10H2,1-2H3,(H2,23,25)/t17-/m1/s1. The molecular formula is C20H19Cl2N5O2S. The summed E-state index contributed by atoms with van der Waals surface area (Å²) in [5.74, 6) is -0.797. The van der Waals surface area contributed by atoms with Gasteiger partial charge in [-0.05, 0) is 35.9 Å². The van der Waals surface area contributed by atoms with Crippen LogP contribution in [0.4, 0.5) is 11.4 Å². The first-order valence-electron chi connectivity index (χ1n) is 8.88. The zero-order valence-electron chi connectivity index (χ0n) is 16.3. The van der Waals surface area contributed by atoms with Crippen molar-refractivity contribution in [1.29, 1.82) is 0 Å². The van der Waals surface area contributed by atoms with Crippen molar-refractivity contribution in [2.24, 2.45) is 15.9 Å². The average molecular weight is 464 g/mol. The lowest BCUT2D eigenvalue weighted by Gasteiger charge is -2.16. The van der Waals surface area contributed by atoms with Gasteiger partial charge in [-0.15, -0.1) is 5.10 Å². The zero-order valence-corrected chi connectivity index (χ0v) is 18.6. The van der Waals surface area contributed by atoms with Crippen molar-refractivity contribution >= 4 is 69.5 Å². The maximum atomic E-state index is 12.7. The van der Waals surface area contributed by atoms with Crippen molar-refractivity contribution in [3.05, 3.63) is 58.1 Å². The molecule has 0 aromatic heterocycles. The van der Waals surface area contributed by atoms with Crippen molar-refractivity contribution in [3.8, 4) is 0 Å². The number of nitrogens with zero attached hydrogens (tertiary/aromatic N) is 4. The minimum Gasteiger partial charge on any atom is -0.378 e. The van der Waals surface area contributed by atoms with Crippen LogP contribution < -0.4 is 15.5 Å². The van der Waals surface area contributed by atoms with Crippen LogP contribution in [-0.4, -0.2) is 42.5 Å². The Bertz CT molecular complexity index is 1020. The monoisotopic (exact) mass is 463 g/mol. The summed E-state index contributed by atoms with van der Waals surface area (Å²) in [4.78, 5) is 28.1. The molecule has 2 aromatic rings. The van der Waals surface area contributed by atoms with Gasteiger partial charge in [0.1, 0.15) is 5.25 Å². The molecule has 0 radical (unpaired) electrons. The van der Waals surface area contributed by atoms with Crippen LogP contribution in [0.25, 0.3) is 0 Å². The number of benzene rings is 2. The number of amidine groups is 1. The summed E-state index contributed by atoms with van der Waals surface area (Å²) < 4.78 is 0. The third-order valence-corrected chi connectivity index (χ3v) is 5.82. The number of anilines is 2. The number of imide groups is 1. The fraction of sp³-hybridized carbons (Fsp3) is 0.200. The van der Waals surface area contributed by atoms with Gasteiger partial charge in [-0.1, -0.05) is 47.1 Å². The maximum Gasteiger partial charge on any atom is 0.247 e. The normalized spacial score (nSPS) is 17.3. The van der Waals surface area contributed by atoms with Gasteiger partial charge in [0.2, 0.25) is 11.8 Å². The average Bonchev–Trinajstić information content (AvgIpc) is 2.97. The van der Waals surface area contributed by atoms with Crippen LogP contribution in [-0.2, 0) is 9.59 Å². The van der Waals surface area contributed by atoms with E-state index in [1.165, 1.54) is 12.1 Å². The Kier molecular flexibility index (Phi) is 7.02. The summed E-state index contributed by atoms with van der Waals surface area (Å²) in [6.45, 7) is 0. The van der Waals surface area contributed by atoms with Crippen LogP contribution in [0.3, 0.4) is 0 Å². The van der Waals surface area contributed by atoms with Gasteiger partial charge in [-0.25, -0.2) is 4.90 Å². The molecule has 2 amide bonds. The Labute approximate surface area is 188 Å². The van der Waals surface area contributed by atoms with Crippen LogP contribution in [0, 0.1) is 0 Å². The molecule has 1 atom stereocenters. The number of thioether (sulfide) groups is 1. The summed E-state index contributed by atoms with van der Waals surface area (Å²) in [7, 11) is 3.92. The molecule has 2 N–H and O–H groups in total. The molecule has 1 aliphatic heterocycles. The number of carbonyl (C=O) groups is 2. The predicted octanol–water partition coefficient (Wildman–Crippen LogP) is 3.77. The molecular weight excluding hydrogens is 445 g/mol. The molecule has 2 aromatic carbocycles. The summed E-state index contributed by atoms with van der Waals surface area (Å²) in [6.07, 6.45) is 1.55. The van der Waals surface area contributed by atoms with E-state index in [4.69, 9.17) is 28.9 Å². The largest absolute Gasteiger partial charge is 0.378 e. The van der Waals surface area contributed by atoms with E-state index in [-0.39, 0.29) is 28.2 Å². The Morgan fingerprint density at radius 3 is 2.57 bits per heavy atom. The van der Waals surface area contributed by atoms with Crippen molar-refractivity contribution in [3.63, 3.8) is 0 Å². The van der Waals surface area contributed by atoms with Crippen molar-refractivity contribution < 1.29 is 9.59 Å². The minimum absolute atomic E-state index is 0.0156. The first kappa shape index (κ1) is 22.1. The lowest BCUT2D eigenvalue weighted by Crippen LogP contribution is -2.32. The first-order chi connectivity index (χ1) is 14.3. The van der Waals surface area contributed by atoms with Gasteiger partial charge in [0.15, 0.2) is 5.17 Å². The highest BCUT2D eigenvalue weighted by molar-refractivity contribution is 8.14. The Hall–Kier alpha value is -2.55. The van der Waals surface area contributed by atoms with E-state index < -0.39 is 11.2 Å². The van der Waals surface area contributed by atoms with Crippen molar-refractivity contribution in [2.75, 3.05) is 23.9 Å². The highest BCUT2D eigenvalue weighted by Gasteiger charge is 2.41. The lowest BCUT2D eigenvalue weighted by molar-refractivity contribution is -0.121. The lowest BCUT2D eigenvalue weighted by atomic mass is 10.2. The van der Waals surface area contributed by atoms with E-state index in [0.29, 0.717) is 5.02 Å². The summed E-state index contributed by atoms with van der Waals surface area (Å²) in [5.41, 5.74) is 8.08. The van der Waals surface area contributed by atoms with Gasteiger partial charge < -0.3 is 10.6 Å². The Morgan fingerprint density at radius 2 is 1.90 bits per heavy atom. The molecule has 156 valence electrons. The van der Waals surface area contributed by atoms with E-state index in [9.17, 15) is 9.59 Å². The van der Waals surface area contributed by atoms with Crippen molar-refractivity contribution in [2.45, 2.75) is 11.7 Å². The number of hydrogen-bond donors (Lipinski definition) is 1. The molecule has 30 heavy (non-hydrogen) atoms. The molecule has 1 heterocycles. The molecule has 1 aliphatic rings. The number of amides is 2. The van der Waals surface area contributed by atoms with Gasteiger partial charge in [0.05, 0.1) is 16.9 Å². The van der Waals surface area contributed by atoms with Gasteiger partial charge in [0.25, 0.3) is 0 Å². The van der Waals surface area contributed by atoms with Crippen LogP contribution in [0.5, 0.6) is 0 Å². The van der Waals surface area contributed by atoms with E-state index >= 15 is 0 Å². The third-order valence-electron chi connectivity index (χ3n) is 4.29. The van der Waals surface area contributed by atoms with Gasteiger partial charge in [-0.2, -0.15) is 5.10 Å². The maximum absolute atomic E-state index is 12.7. The second-order valence-corrected chi connectivity index (χ2v) is 8.71. The molecule has 1 saturated heterocycles. The SMILES string of the molecule is CN(C)c1ccc(C=NN=C(N)S[C@@H]2CC(=O)N(c3cc(Cl)ccc3Cl)C2=O)cc1. The topological polar surface area (TPSA) is 91.4 Å². The van der Waals surface area contributed by atoms with Crippen molar-refractivity contribution in [1.82, 2.24) is 0 Å². The zero-order chi connectivity index (χ0) is 21.8. The smallest absolute Gasteiger partial charge is 0.247 e. The van der Waals surface area contributed by atoms with E-state index in [1.807, 2.05) is 43.3 Å². The summed E-state index contributed by atoms with van der Waals surface area (Å²) in [6, 6.07) is 12.3. The van der Waals surface area contributed by atoms with Crippen LogP contribution in [0.2, 0.25) is 10.0 Å². The highest BCUT2D eigenvalue weighted by Crippen LogP contribution is 2.35. The molecule has 0 aliphatic carbocycles. The summed E-state index contributed by atoms with van der Waals surface area (Å²) in [5, 5.41) is 7.90. The molecule has 0 spiro atoms. The second kappa shape index (κ2) is 9.51. The highest BCUT2D eigenvalue weighted by atomic mass is 35.5. The molecule has 0 bridgehead atoms. The molecule has 0 saturated carbocycles. The number of carbonyl (C=O) groups excluding carboxylic acids is 2. The Morgan fingerprint density at radius 1 is 1.20 bits per heavy atom. The number of nitrogens with two attached hydrogens (primary N) is 1. The molecule has 10 heteroatoms. The number of hydrogen-bond acceptors (Lipinski definition) is 6. The fourth-order valence-corrected chi connectivity index (χ4v) is 3.97. The van der Waals surface area contributed by atoms with Crippen LogP contribution >= 0.6 is 35.0 Å². The molecule has 0 unspecified atom stereocenters. The van der Waals surface area contributed by atoms with E-state index in [2.05, 4.69) is 10.2 Å². The van der Waals surface area contributed by atoms with E-state index in [0.717, 1.165) is 27.9 Å². The number of rotatable bonds is 5. The van der Waals surface area contributed by atoms with Crippen LogP contribution in [0.15, 0.2) is 52.7 Å². The Balaban J connectivity index is 1.66. The van der Waals surface area contributed by atoms with Gasteiger partial charge in [-0.3, -0.25) is 9.59 Å². The molecule has 7 nitrogen and oxygen atoms in total. The van der Waals surface area contributed by atoms with Gasteiger partial charge in [0, 0.05) is 31.2 Å². The first-order valence-corrected chi connectivity index (χ1v) is 10.5. The van der Waals surface area contributed by atoms with E-state index in [1.54, 1.807) is 12.3 Å². The second-order valence-electron chi connectivity index (χ2n) is 6.64. The fourth-order valence-electron chi connectivity index (χ4n) is 2.79. The molecule has 1 fully saturated rings. The quantitative estimate of drug-likeness (QED) is 0.315. The third kappa shape index (κ3) is 5.13. The number of halogens is 2. The predicted molar refractivity (Wildman–Crippen MR) is 125 cm³/mol. The summed E-state index contributed by atoms with van der Waals surface area (Å²) >= 11 is 13.1. The van der Waals surface area contributed by atoms with Crippen LogP contribution in [0.1, 0.15) is 12.0 Å².